The first kappa shape index (κ1) is 12.3. The van der Waals surface area contributed by atoms with Crippen molar-refractivity contribution in [2.24, 2.45) is 5.92 Å². The third kappa shape index (κ3) is 3.72. The molecular formula is C13H26N2O. The van der Waals surface area contributed by atoms with Crippen molar-refractivity contribution in [2.75, 3.05) is 39.8 Å². The maximum atomic E-state index is 5.72. The second kappa shape index (κ2) is 6.58. The molecule has 0 spiro atoms. The maximum absolute atomic E-state index is 5.72. The van der Waals surface area contributed by atoms with Crippen LogP contribution >= 0.6 is 0 Å². The molecule has 2 aliphatic rings. The van der Waals surface area contributed by atoms with Crippen molar-refractivity contribution in [3.8, 4) is 0 Å². The number of nitrogens with zero attached hydrogens (tertiary/aromatic N) is 1. The fourth-order valence-corrected chi connectivity index (χ4v) is 2.98. The molecule has 1 N–H and O–H groups in total. The molecule has 2 aliphatic heterocycles. The Balaban J connectivity index is 1.68. The molecule has 2 heterocycles. The van der Waals surface area contributed by atoms with Gasteiger partial charge in [-0.2, -0.15) is 0 Å². The van der Waals surface area contributed by atoms with Crippen LogP contribution in [0.25, 0.3) is 0 Å². The zero-order valence-electron chi connectivity index (χ0n) is 10.6. The fraction of sp³-hybridized carbons (Fsp3) is 1.00. The van der Waals surface area contributed by atoms with Crippen LogP contribution in [0.1, 0.15) is 32.1 Å². The number of hydrogen-bond donors (Lipinski definition) is 1. The van der Waals surface area contributed by atoms with Gasteiger partial charge >= 0.3 is 0 Å². The molecule has 0 aromatic rings. The van der Waals surface area contributed by atoms with Crippen molar-refractivity contribution in [3.63, 3.8) is 0 Å². The molecule has 0 radical (unpaired) electrons. The fourth-order valence-electron chi connectivity index (χ4n) is 2.98. The Morgan fingerprint density at radius 1 is 1.31 bits per heavy atom. The predicted octanol–water partition coefficient (Wildman–Crippen LogP) is 1.49. The highest BCUT2D eigenvalue weighted by Crippen LogP contribution is 2.21. The van der Waals surface area contributed by atoms with Crippen molar-refractivity contribution in [3.05, 3.63) is 0 Å². The lowest BCUT2D eigenvalue weighted by atomic mass is 9.94. The summed E-state index contributed by atoms with van der Waals surface area (Å²) < 4.78 is 5.72. The predicted molar refractivity (Wildman–Crippen MR) is 66.7 cm³/mol. The second-order valence-corrected chi connectivity index (χ2v) is 5.30. The minimum Gasteiger partial charge on any atom is -0.377 e. The van der Waals surface area contributed by atoms with Crippen LogP contribution in [0, 0.1) is 5.92 Å². The molecule has 0 aromatic carbocycles. The number of hydrogen-bond acceptors (Lipinski definition) is 3. The third-order valence-electron chi connectivity index (χ3n) is 3.89. The normalized spacial score (nSPS) is 32.1. The highest BCUT2D eigenvalue weighted by atomic mass is 16.5. The minimum atomic E-state index is 0.531. The highest BCUT2D eigenvalue weighted by Gasteiger charge is 2.24. The Morgan fingerprint density at radius 2 is 2.25 bits per heavy atom. The van der Waals surface area contributed by atoms with Crippen LogP contribution in [0.5, 0.6) is 0 Å². The van der Waals surface area contributed by atoms with E-state index in [-0.39, 0.29) is 0 Å². The number of nitrogens with one attached hydrogen (secondary N) is 1. The van der Waals surface area contributed by atoms with Gasteiger partial charge in [0.25, 0.3) is 0 Å². The van der Waals surface area contributed by atoms with E-state index in [1.54, 1.807) is 0 Å². The van der Waals surface area contributed by atoms with Gasteiger partial charge in [0, 0.05) is 19.7 Å². The molecule has 2 fully saturated rings. The van der Waals surface area contributed by atoms with Crippen LogP contribution in [0.4, 0.5) is 0 Å². The molecule has 0 amide bonds. The van der Waals surface area contributed by atoms with Gasteiger partial charge in [0.2, 0.25) is 0 Å². The lowest BCUT2D eigenvalue weighted by Gasteiger charge is -2.34. The molecule has 0 saturated carbocycles. The number of ether oxygens (including phenoxy) is 1. The zero-order valence-corrected chi connectivity index (χ0v) is 10.6. The van der Waals surface area contributed by atoms with Crippen LogP contribution in [0.15, 0.2) is 0 Å². The molecule has 0 aromatic heterocycles. The SMILES string of the molecule is CNCCC1CCCN(CC2CCCO2)C1. The van der Waals surface area contributed by atoms with Gasteiger partial charge in [0.15, 0.2) is 0 Å². The van der Waals surface area contributed by atoms with Gasteiger partial charge in [-0.25, -0.2) is 0 Å². The van der Waals surface area contributed by atoms with E-state index in [1.165, 1.54) is 58.3 Å². The van der Waals surface area contributed by atoms with Crippen LogP contribution in [0.3, 0.4) is 0 Å². The van der Waals surface area contributed by atoms with Crippen LogP contribution in [0.2, 0.25) is 0 Å². The molecule has 16 heavy (non-hydrogen) atoms. The summed E-state index contributed by atoms with van der Waals surface area (Å²) in [4.78, 5) is 2.62. The van der Waals surface area contributed by atoms with Crippen molar-refractivity contribution in [2.45, 2.75) is 38.2 Å². The van der Waals surface area contributed by atoms with Gasteiger partial charge in [0.05, 0.1) is 6.10 Å². The monoisotopic (exact) mass is 226 g/mol. The summed E-state index contributed by atoms with van der Waals surface area (Å²) in [5, 5.41) is 3.26. The van der Waals surface area contributed by atoms with Gasteiger partial charge in [-0.15, -0.1) is 0 Å². The molecule has 2 unspecified atom stereocenters. The topological polar surface area (TPSA) is 24.5 Å². The summed E-state index contributed by atoms with van der Waals surface area (Å²) in [5.74, 6) is 0.905. The summed E-state index contributed by atoms with van der Waals surface area (Å²) in [6.07, 6.45) is 7.20. The smallest absolute Gasteiger partial charge is 0.0702 e. The summed E-state index contributed by atoms with van der Waals surface area (Å²) in [6, 6.07) is 0. The van der Waals surface area contributed by atoms with E-state index < -0.39 is 0 Å². The van der Waals surface area contributed by atoms with Gasteiger partial charge in [-0.3, -0.25) is 0 Å². The van der Waals surface area contributed by atoms with Crippen molar-refractivity contribution in [1.82, 2.24) is 10.2 Å². The molecule has 2 atom stereocenters. The van der Waals surface area contributed by atoms with Crippen molar-refractivity contribution < 1.29 is 4.74 Å². The first-order chi connectivity index (χ1) is 7.88. The average Bonchev–Trinajstić information content (AvgIpc) is 2.80. The largest absolute Gasteiger partial charge is 0.377 e. The first-order valence-electron chi connectivity index (χ1n) is 6.87. The molecule has 2 saturated heterocycles. The quantitative estimate of drug-likeness (QED) is 0.768. The van der Waals surface area contributed by atoms with E-state index in [0.29, 0.717) is 6.10 Å². The maximum Gasteiger partial charge on any atom is 0.0702 e. The molecule has 3 nitrogen and oxygen atoms in total. The minimum absolute atomic E-state index is 0.531. The summed E-state index contributed by atoms with van der Waals surface area (Å²) >= 11 is 0. The first-order valence-corrected chi connectivity index (χ1v) is 6.87. The Hall–Kier alpha value is -0.120. The van der Waals surface area contributed by atoms with E-state index in [0.717, 1.165) is 12.5 Å². The van der Waals surface area contributed by atoms with Gasteiger partial charge in [-0.05, 0) is 58.2 Å². The molecule has 0 bridgehead atoms. The van der Waals surface area contributed by atoms with E-state index in [4.69, 9.17) is 4.74 Å². The Labute approximate surface area is 99.5 Å². The third-order valence-corrected chi connectivity index (χ3v) is 3.89. The number of rotatable bonds is 5. The Bertz CT molecular complexity index is 192. The summed E-state index contributed by atoms with van der Waals surface area (Å²) in [7, 11) is 2.05. The Kier molecular flexibility index (Phi) is 5.07. The number of likely N-dealkylation sites (tertiary alicyclic amines) is 1. The summed E-state index contributed by atoms with van der Waals surface area (Å²) in [5.41, 5.74) is 0. The van der Waals surface area contributed by atoms with Gasteiger partial charge in [0.1, 0.15) is 0 Å². The van der Waals surface area contributed by atoms with E-state index >= 15 is 0 Å². The highest BCUT2D eigenvalue weighted by molar-refractivity contribution is 4.77. The molecule has 94 valence electrons. The molecule has 0 aliphatic carbocycles. The Morgan fingerprint density at radius 3 is 3.00 bits per heavy atom. The van der Waals surface area contributed by atoms with Crippen LogP contribution < -0.4 is 5.32 Å². The molecular weight excluding hydrogens is 200 g/mol. The van der Waals surface area contributed by atoms with Gasteiger partial charge in [-0.1, -0.05) is 0 Å². The summed E-state index contributed by atoms with van der Waals surface area (Å²) in [6.45, 7) is 5.91. The van der Waals surface area contributed by atoms with E-state index in [1.807, 2.05) is 7.05 Å². The van der Waals surface area contributed by atoms with Crippen LogP contribution in [-0.2, 0) is 4.74 Å². The standard InChI is InChI=1S/C13H26N2O/c1-14-7-6-12-4-2-8-15(10-12)11-13-5-3-9-16-13/h12-14H,2-11H2,1H3. The van der Waals surface area contributed by atoms with E-state index in [2.05, 4.69) is 10.2 Å². The molecule has 2 rings (SSSR count). The van der Waals surface area contributed by atoms with Crippen molar-refractivity contribution in [1.29, 1.82) is 0 Å². The lowest BCUT2D eigenvalue weighted by Crippen LogP contribution is -2.40. The number of piperidine rings is 1. The lowest BCUT2D eigenvalue weighted by molar-refractivity contribution is 0.0557. The molecule has 3 heteroatoms. The second-order valence-electron chi connectivity index (χ2n) is 5.30. The van der Waals surface area contributed by atoms with Crippen molar-refractivity contribution >= 4 is 0 Å². The van der Waals surface area contributed by atoms with E-state index in [9.17, 15) is 0 Å². The van der Waals surface area contributed by atoms with Gasteiger partial charge < -0.3 is 15.0 Å². The average molecular weight is 226 g/mol. The van der Waals surface area contributed by atoms with Crippen LogP contribution in [-0.4, -0.2) is 50.8 Å². The zero-order chi connectivity index (χ0) is 11.2.